The Morgan fingerprint density at radius 1 is 1.32 bits per heavy atom. The molecular weight excluding hydrogens is 280 g/mol. The molecule has 1 heterocycles. The molecule has 6 heteroatoms. The van der Waals surface area contributed by atoms with E-state index in [2.05, 4.69) is 20.6 Å². The highest BCUT2D eigenvalue weighted by atomic mass is 16.5. The number of methoxy groups -OCH3 is 1. The van der Waals surface area contributed by atoms with Crippen LogP contribution in [0.15, 0.2) is 30.5 Å². The zero-order valence-electron chi connectivity index (χ0n) is 12.6. The molecule has 1 fully saturated rings. The van der Waals surface area contributed by atoms with Gasteiger partial charge in [0.15, 0.2) is 0 Å². The summed E-state index contributed by atoms with van der Waals surface area (Å²) in [6, 6.07) is 7.65. The van der Waals surface area contributed by atoms with Gasteiger partial charge in [-0.2, -0.15) is 0 Å². The number of nitrogens with zero attached hydrogens (tertiary/aromatic N) is 2. The zero-order chi connectivity index (χ0) is 15.5. The van der Waals surface area contributed by atoms with Crippen LogP contribution in [0.3, 0.4) is 0 Å². The predicted octanol–water partition coefficient (Wildman–Crippen LogP) is 2.62. The first-order chi connectivity index (χ1) is 10.7. The fraction of sp³-hybridized carbons (Fsp3) is 0.312. The molecule has 1 amide bonds. The van der Waals surface area contributed by atoms with E-state index in [0.29, 0.717) is 29.1 Å². The summed E-state index contributed by atoms with van der Waals surface area (Å²) < 4.78 is 5.26. The van der Waals surface area contributed by atoms with Gasteiger partial charge in [-0.05, 0) is 43.5 Å². The van der Waals surface area contributed by atoms with Gasteiger partial charge in [0.2, 0.25) is 5.95 Å². The monoisotopic (exact) mass is 298 g/mol. The van der Waals surface area contributed by atoms with Gasteiger partial charge in [-0.1, -0.05) is 6.07 Å². The van der Waals surface area contributed by atoms with Gasteiger partial charge in [0.25, 0.3) is 5.91 Å². The molecule has 1 aliphatic carbocycles. The first-order valence-electron chi connectivity index (χ1n) is 7.21. The fourth-order valence-electron chi connectivity index (χ4n) is 2.07. The van der Waals surface area contributed by atoms with Gasteiger partial charge in [0, 0.05) is 12.2 Å². The largest absolute Gasteiger partial charge is 0.495 e. The third kappa shape index (κ3) is 3.33. The minimum Gasteiger partial charge on any atom is -0.495 e. The number of carbonyl (C=O) groups excluding carboxylic acids is 1. The molecule has 1 aliphatic rings. The first kappa shape index (κ1) is 14.3. The number of aromatic nitrogens is 2. The average Bonchev–Trinajstić information content (AvgIpc) is 3.32. The summed E-state index contributed by atoms with van der Waals surface area (Å²) in [5, 5.41) is 6.01. The fourth-order valence-corrected chi connectivity index (χ4v) is 2.07. The summed E-state index contributed by atoms with van der Waals surface area (Å²) >= 11 is 0. The van der Waals surface area contributed by atoms with Gasteiger partial charge < -0.3 is 15.4 Å². The van der Waals surface area contributed by atoms with Gasteiger partial charge in [-0.3, -0.25) is 4.79 Å². The van der Waals surface area contributed by atoms with Crippen LogP contribution in [0.2, 0.25) is 0 Å². The Labute approximate surface area is 128 Å². The Balaban J connectivity index is 1.77. The van der Waals surface area contributed by atoms with Crippen LogP contribution in [-0.4, -0.2) is 29.0 Å². The quantitative estimate of drug-likeness (QED) is 0.887. The molecular formula is C16H18N4O2. The maximum atomic E-state index is 12.4. The molecule has 1 aromatic carbocycles. The zero-order valence-corrected chi connectivity index (χ0v) is 12.6. The first-order valence-corrected chi connectivity index (χ1v) is 7.21. The highest BCUT2D eigenvalue weighted by molar-refractivity contribution is 6.03. The maximum absolute atomic E-state index is 12.4. The molecule has 3 rings (SSSR count). The van der Waals surface area contributed by atoms with E-state index in [-0.39, 0.29) is 5.91 Å². The van der Waals surface area contributed by atoms with Crippen molar-refractivity contribution >= 4 is 17.5 Å². The van der Waals surface area contributed by atoms with Crippen molar-refractivity contribution in [2.45, 2.75) is 25.8 Å². The van der Waals surface area contributed by atoms with E-state index >= 15 is 0 Å². The van der Waals surface area contributed by atoms with E-state index < -0.39 is 0 Å². The maximum Gasteiger partial charge on any atom is 0.274 e. The number of nitrogens with one attached hydrogen (secondary N) is 2. The van der Waals surface area contributed by atoms with Gasteiger partial charge in [-0.15, -0.1) is 0 Å². The van der Waals surface area contributed by atoms with Crippen molar-refractivity contribution < 1.29 is 9.53 Å². The molecule has 0 unspecified atom stereocenters. The Morgan fingerprint density at radius 2 is 2.14 bits per heavy atom. The van der Waals surface area contributed by atoms with E-state index in [1.54, 1.807) is 19.4 Å². The van der Waals surface area contributed by atoms with Crippen molar-refractivity contribution in [2.75, 3.05) is 17.7 Å². The summed E-state index contributed by atoms with van der Waals surface area (Å²) in [6.07, 6.45) is 3.83. The molecule has 114 valence electrons. The number of ether oxygens (including phenoxy) is 1. The lowest BCUT2D eigenvalue weighted by Crippen LogP contribution is -2.16. The standard InChI is InChI=1S/C16H18N4O2/c1-10-3-6-14(22-2)13(9-10)19-15(21)12-7-8-17-16(20-12)18-11-4-5-11/h3,6-9,11H,4-5H2,1-2H3,(H,19,21)(H,17,18,20). The molecule has 22 heavy (non-hydrogen) atoms. The summed E-state index contributed by atoms with van der Waals surface area (Å²) in [7, 11) is 1.57. The molecule has 0 bridgehead atoms. The van der Waals surface area contributed by atoms with E-state index in [4.69, 9.17) is 4.74 Å². The van der Waals surface area contributed by atoms with Crippen LogP contribution >= 0.6 is 0 Å². The second kappa shape index (κ2) is 6.01. The van der Waals surface area contributed by atoms with Crippen LogP contribution < -0.4 is 15.4 Å². The number of hydrogen-bond acceptors (Lipinski definition) is 5. The molecule has 0 aliphatic heterocycles. The Kier molecular flexibility index (Phi) is 3.91. The Hall–Kier alpha value is -2.63. The SMILES string of the molecule is COc1ccc(C)cc1NC(=O)c1ccnc(NC2CC2)n1. The molecule has 0 saturated heterocycles. The van der Waals surface area contributed by atoms with Crippen molar-refractivity contribution in [1.82, 2.24) is 9.97 Å². The molecule has 2 aromatic rings. The van der Waals surface area contributed by atoms with Gasteiger partial charge in [-0.25, -0.2) is 9.97 Å². The summed E-state index contributed by atoms with van der Waals surface area (Å²) in [5.41, 5.74) is 1.99. The van der Waals surface area contributed by atoms with Gasteiger partial charge >= 0.3 is 0 Å². The lowest BCUT2D eigenvalue weighted by molar-refractivity contribution is 0.102. The molecule has 1 saturated carbocycles. The summed E-state index contributed by atoms with van der Waals surface area (Å²) in [5.74, 6) is 0.820. The third-order valence-corrected chi connectivity index (χ3v) is 3.40. The highest BCUT2D eigenvalue weighted by Gasteiger charge is 2.22. The number of anilines is 2. The van der Waals surface area contributed by atoms with Crippen LogP contribution in [0.5, 0.6) is 5.75 Å². The molecule has 0 radical (unpaired) electrons. The van der Waals surface area contributed by atoms with Crippen LogP contribution in [0.4, 0.5) is 11.6 Å². The van der Waals surface area contributed by atoms with Crippen molar-refractivity contribution in [1.29, 1.82) is 0 Å². The van der Waals surface area contributed by atoms with Crippen molar-refractivity contribution in [3.05, 3.63) is 41.7 Å². The number of hydrogen-bond donors (Lipinski definition) is 2. The smallest absolute Gasteiger partial charge is 0.274 e. The number of amides is 1. The van der Waals surface area contributed by atoms with Crippen molar-refractivity contribution in [3.63, 3.8) is 0 Å². The minimum absolute atomic E-state index is 0.287. The molecule has 6 nitrogen and oxygen atoms in total. The summed E-state index contributed by atoms with van der Waals surface area (Å²) in [4.78, 5) is 20.7. The second-order valence-electron chi connectivity index (χ2n) is 5.34. The van der Waals surface area contributed by atoms with E-state index in [1.165, 1.54) is 0 Å². The molecule has 0 atom stereocenters. The van der Waals surface area contributed by atoms with Crippen LogP contribution in [0.1, 0.15) is 28.9 Å². The number of carbonyl (C=O) groups is 1. The van der Waals surface area contributed by atoms with Gasteiger partial charge in [0.1, 0.15) is 11.4 Å². The molecule has 1 aromatic heterocycles. The summed E-state index contributed by atoms with van der Waals surface area (Å²) in [6.45, 7) is 1.96. The number of aryl methyl sites for hydroxylation is 1. The number of rotatable bonds is 5. The average molecular weight is 298 g/mol. The van der Waals surface area contributed by atoms with Crippen LogP contribution in [0.25, 0.3) is 0 Å². The van der Waals surface area contributed by atoms with E-state index in [9.17, 15) is 4.79 Å². The second-order valence-corrected chi connectivity index (χ2v) is 5.34. The lowest BCUT2D eigenvalue weighted by atomic mass is 10.2. The van der Waals surface area contributed by atoms with Crippen LogP contribution in [-0.2, 0) is 0 Å². The van der Waals surface area contributed by atoms with Crippen molar-refractivity contribution in [2.24, 2.45) is 0 Å². The van der Waals surface area contributed by atoms with E-state index in [1.807, 2.05) is 25.1 Å². The number of benzene rings is 1. The van der Waals surface area contributed by atoms with E-state index in [0.717, 1.165) is 18.4 Å². The Bertz CT molecular complexity index is 698. The van der Waals surface area contributed by atoms with Crippen LogP contribution in [0, 0.1) is 6.92 Å². The lowest BCUT2D eigenvalue weighted by Gasteiger charge is -2.11. The minimum atomic E-state index is -0.287. The van der Waals surface area contributed by atoms with Crippen molar-refractivity contribution in [3.8, 4) is 5.75 Å². The molecule has 2 N–H and O–H groups in total. The van der Waals surface area contributed by atoms with Gasteiger partial charge in [0.05, 0.1) is 12.8 Å². The third-order valence-electron chi connectivity index (χ3n) is 3.40. The molecule has 0 spiro atoms. The predicted molar refractivity (Wildman–Crippen MR) is 84.4 cm³/mol. The highest BCUT2D eigenvalue weighted by Crippen LogP contribution is 2.26. The Morgan fingerprint density at radius 3 is 2.86 bits per heavy atom. The topological polar surface area (TPSA) is 76.1 Å². The normalized spacial score (nSPS) is 13.5.